The summed E-state index contributed by atoms with van der Waals surface area (Å²) >= 11 is 1.38. The van der Waals surface area contributed by atoms with Gasteiger partial charge in [0.25, 0.3) is 0 Å². The number of aromatic nitrogens is 1. The molecule has 1 saturated heterocycles. The number of aliphatic hydroxyl groups excluding tert-OH is 4. The molecule has 8 nitrogen and oxygen atoms in total. The highest BCUT2D eigenvalue weighted by molar-refractivity contribution is 8.00. The van der Waals surface area contributed by atoms with Crippen LogP contribution >= 0.6 is 11.8 Å². The Morgan fingerprint density at radius 2 is 1.88 bits per heavy atom. The van der Waals surface area contributed by atoms with Crippen LogP contribution < -0.4 is 5.32 Å². The van der Waals surface area contributed by atoms with Crippen molar-refractivity contribution in [2.24, 2.45) is 5.92 Å². The van der Waals surface area contributed by atoms with Crippen LogP contribution in [0.4, 0.5) is 4.79 Å². The smallest absolute Gasteiger partial charge is 0.416 e. The second kappa shape index (κ2) is 10.3. The van der Waals surface area contributed by atoms with Crippen molar-refractivity contribution in [2.45, 2.75) is 79.9 Å². The number of carbonyl (C=O) groups is 1. The van der Waals surface area contributed by atoms with E-state index in [2.05, 4.69) is 12.2 Å². The fourth-order valence-electron chi connectivity index (χ4n) is 5.57. The van der Waals surface area contributed by atoms with Crippen LogP contribution in [0, 0.1) is 5.92 Å². The van der Waals surface area contributed by atoms with Gasteiger partial charge in [0.1, 0.15) is 6.10 Å². The van der Waals surface area contributed by atoms with Crippen LogP contribution in [0.3, 0.4) is 0 Å². The van der Waals surface area contributed by atoms with Crippen molar-refractivity contribution in [3.63, 3.8) is 0 Å². The number of hydrogen-bond acceptors (Lipinski definition) is 7. The van der Waals surface area contributed by atoms with E-state index < -0.39 is 29.7 Å². The summed E-state index contributed by atoms with van der Waals surface area (Å²) in [5.74, 6) is 0.0951. The number of hydrogen-bond donors (Lipinski definition) is 6. The highest BCUT2D eigenvalue weighted by Gasteiger charge is 2.47. The Labute approximate surface area is 197 Å². The Bertz CT molecular complexity index is 966. The van der Waals surface area contributed by atoms with Gasteiger partial charge in [0, 0.05) is 28.9 Å². The maximum atomic E-state index is 11.6. The lowest BCUT2D eigenvalue weighted by Gasteiger charge is -2.46. The summed E-state index contributed by atoms with van der Waals surface area (Å²) in [7, 11) is 0. The van der Waals surface area contributed by atoms with Crippen molar-refractivity contribution >= 4 is 28.8 Å². The second-order valence-corrected chi connectivity index (χ2v) is 10.9. The first-order chi connectivity index (χ1) is 15.8. The van der Waals surface area contributed by atoms with Crippen molar-refractivity contribution < 1.29 is 30.3 Å². The van der Waals surface area contributed by atoms with E-state index in [4.69, 9.17) is 0 Å². The summed E-state index contributed by atoms with van der Waals surface area (Å²) < 4.78 is 1.26. The van der Waals surface area contributed by atoms with Gasteiger partial charge >= 0.3 is 6.09 Å². The topological polar surface area (TPSA) is 135 Å². The molecule has 0 spiro atoms. The van der Waals surface area contributed by atoms with E-state index in [1.807, 2.05) is 18.2 Å². The van der Waals surface area contributed by atoms with E-state index in [0.717, 1.165) is 36.6 Å². The minimum Gasteiger partial charge on any atom is -0.464 e. The Balaban J connectivity index is 1.49. The van der Waals surface area contributed by atoms with Gasteiger partial charge in [-0.2, -0.15) is 0 Å². The highest BCUT2D eigenvalue weighted by Crippen LogP contribution is 2.42. The summed E-state index contributed by atoms with van der Waals surface area (Å²) in [6.07, 6.45) is 1.82. The van der Waals surface area contributed by atoms with E-state index in [1.54, 1.807) is 12.3 Å². The molecule has 1 aliphatic carbocycles. The second-order valence-electron chi connectivity index (χ2n) is 9.44. The number of thioether (sulfide) groups is 1. The first-order valence-corrected chi connectivity index (χ1v) is 12.6. The molecule has 6 N–H and O–H groups in total. The first kappa shape index (κ1) is 24.5. The van der Waals surface area contributed by atoms with E-state index in [1.165, 1.54) is 16.3 Å². The minimum atomic E-state index is -1.27. The number of rotatable bonds is 6. The molecule has 8 atom stereocenters. The maximum Gasteiger partial charge on any atom is 0.416 e. The van der Waals surface area contributed by atoms with Crippen molar-refractivity contribution in [2.75, 3.05) is 6.61 Å². The van der Waals surface area contributed by atoms with Crippen molar-refractivity contribution in [3.8, 4) is 0 Å². The summed E-state index contributed by atoms with van der Waals surface area (Å²) in [5.41, 5.74) is 1.64. The third kappa shape index (κ3) is 4.94. The molecule has 1 aromatic heterocycles. The Morgan fingerprint density at radius 3 is 2.61 bits per heavy atom. The molecule has 2 aromatic rings. The van der Waals surface area contributed by atoms with Crippen LogP contribution in [0.25, 0.3) is 10.9 Å². The van der Waals surface area contributed by atoms with Gasteiger partial charge in [-0.25, -0.2) is 4.79 Å². The molecule has 2 aliphatic rings. The maximum absolute atomic E-state index is 11.6. The molecule has 1 aliphatic heterocycles. The summed E-state index contributed by atoms with van der Waals surface area (Å²) in [4.78, 5) is 11.6. The number of nitrogens with one attached hydrogen (secondary N) is 1. The lowest BCUT2D eigenvalue weighted by atomic mass is 9.78. The van der Waals surface area contributed by atoms with Gasteiger partial charge in [-0.1, -0.05) is 31.0 Å². The number of carboxylic acid groups (broad SMARTS) is 1. The third-order valence-electron chi connectivity index (χ3n) is 7.20. The van der Waals surface area contributed by atoms with Crippen molar-refractivity contribution in [1.82, 2.24) is 9.88 Å². The molecule has 182 valence electrons. The summed E-state index contributed by atoms with van der Waals surface area (Å²) in [6, 6.07) is 7.68. The molecule has 0 amide bonds. The molecule has 4 rings (SSSR count). The molecule has 0 radical (unpaired) electrons. The molecule has 1 saturated carbocycles. The molecular formula is C24H34N2O6S. The van der Waals surface area contributed by atoms with Gasteiger partial charge in [0.2, 0.25) is 0 Å². The molecule has 2 unspecified atom stereocenters. The zero-order valence-corrected chi connectivity index (χ0v) is 19.6. The predicted molar refractivity (Wildman–Crippen MR) is 128 cm³/mol. The number of nitrogens with zero attached hydrogens (tertiary/aromatic N) is 1. The molecule has 9 heteroatoms. The quantitative estimate of drug-likeness (QED) is 0.370. The number of benzene rings is 1. The van der Waals surface area contributed by atoms with Crippen LogP contribution in [0.5, 0.6) is 0 Å². The Hall–Kier alpha value is -1.62. The standard InChI is InChI=1S/C24H34N2O6S/c1-13(10-14-11-26(24(31)32)18-9-5-3-6-15(14)18)25-17-8-4-2-7-16(17)23-22(30)21(29)20(28)19(12-27)33-23/h3,5-6,9,11,13,16-17,19-23,25,27-30H,2,4,7-8,10,12H2,1H3,(H,31,32)/t13-,16?,17?,19-,20+,21+,22-,23+/m1/s1. The lowest BCUT2D eigenvalue weighted by Crippen LogP contribution is -2.59. The van der Waals surface area contributed by atoms with E-state index in [9.17, 15) is 30.3 Å². The monoisotopic (exact) mass is 478 g/mol. The van der Waals surface area contributed by atoms with Crippen LogP contribution in [-0.2, 0) is 6.42 Å². The fourth-order valence-corrected chi connectivity index (χ4v) is 7.23. The van der Waals surface area contributed by atoms with Crippen LogP contribution in [0.2, 0.25) is 0 Å². The largest absolute Gasteiger partial charge is 0.464 e. The average Bonchev–Trinajstić information content (AvgIpc) is 3.17. The number of fused-ring (bicyclic) bond motifs is 1. The van der Waals surface area contributed by atoms with Crippen molar-refractivity contribution in [1.29, 1.82) is 0 Å². The Kier molecular flexibility index (Phi) is 7.67. The molecule has 2 fully saturated rings. The first-order valence-electron chi connectivity index (χ1n) is 11.7. The van der Waals surface area contributed by atoms with Gasteiger partial charge < -0.3 is 30.8 Å². The minimum absolute atomic E-state index is 0.0681. The summed E-state index contributed by atoms with van der Waals surface area (Å²) in [6.45, 7) is 1.83. The third-order valence-corrected chi connectivity index (χ3v) is 8.92. The van der Waals surface area contributed by atoms with Gasteiger partial charge in [0.05, 0.1) is 29.6 Å². The van der Waals surface area contributed by atoms with Gasteiger partial charge in [-0.05, 0) is 43.7 Å². The number of aliphatic hydroxyl groups is 4. The molecule has 0 bridgehead atoms. The van der Waals surface area contributed by atoms with Crippen molar-refractivity contribution in [3.05, 3.63) is 36.0 Å². The van der Waals surface area contributed by atoms with Gasteiger partial charge in [-0.3, -0.25) is 4.57 Å². The van der Waals surface area contributed by atoms with Crippen LogP contribution in [-0.4, -0.2) is 83.7 Å². The van der Waals surface area contributed by atoms with E-state index >= 15 is 0 Å². The van der Waals surface area contributed by atoms with E-state index in [-0.39, 0.29) is 29.9 Å². The van der Waals surface area contributed by atoms with Gasteiger partial charge in [-0.15, -0.1) is 11.8 Å². The van der Waals surface area contributed by atoms with Gasteiger partial charge in [0.15, 0.2) is 0 Å². The normalized spacial score (nSPS) is 33.8. The van der Waals surface area contributed by atoms with Crippen LogP contribution in [0.1, 0.15) is 38.2 Å². The zero-order valence-electron chi connectivity index (χ0n) is 18.7. The lowest BCUT2D eigenvalue weighted by molar-refractivity contribution is -0.0774. The predicted octanol–water partition coefficient (Wildman–Crippen LogP) is 1.81. The Morgan fingerprint density at radius 1 is 1.15 bits per heavy atom. The molecular weight excluding hydrogens is 444 g/mol. The fraction of sp³-hybridized carbons (Fsp3) is 0.625. The van der Waals surface area contributed by atoms with E-state index in [0.29, 0.717) is 11.9 Å². The van der Waals surface area contributed by atoms with Crippen LogP contribution in [0.15, 0.2) is 30.5 Å². The molecule has 2 heterocycles. The summed E-state index contributed by atoms with van der Waals surface area (Å²) in [5, 5.41) is 54.3. The molecule has 1 aromatic carbocycles. The number of para-hydroxylation sites is 1. The molecule has 33 heavy (non-hydrogen) atoms. The average molecular weight is 479 g/mol. The highest BCUT2D eigenvalue weighted by atomic mass is 32.2. The SMILES string of the molecule is C[C@H](Cc1cn(C(=O)O)c2ccccc12)NC1CCCCC1[C@@H]1S[C@H](CO)[C@H](O)[C@H](O)[C@H]1O. The zero-order chi connectivity index (χ0) is 23.7.